The largest absolute Gasteiger partial charge is 0.322 e. The van der Waals surface area contributed by atoms with Gasteiger partial charge in [-0.15, -0.1) is 0 Å². The fourth-order valence-corrected chi connectivity index (χ4v) is 5.92. The van der Waals surface area contributed by atoms with Gasteiger partial charge in [0, 0.05) is 18.8 Å². The molecule has 0 aliphatic heterocycles. The summed E-state index contributed by atoms with van der Waals surface area (Å²) < 4.78 is 0. The highest BCUT2D eigenvalue weighted by atomic mass is 16.2. The molecular formula is C31H42N2O. The standard InChI is InChI=1S/C31H42N2O/c1-21(2)26-13-10-14-27(22(3)4)29(26)32-30(34)33(18-17-23-11-8-7-9-12-23)20-24-15-16-25-19-28(24)31(25,5)6/h7-15,21-22,25,28H,16-20H2,1-6H3,(H,32,34). The monoisotopic (exact) mass is 458 g/mol. The summed E-state index contributed by atoms with van der Waals surface area (Å²) in [5.41, 5.74) is 6.51. The van der Waals surface area contributed by atoms with Crippen molar-refractivity contribution in [2.75, 3.05) is 18.4 Å². The number of fused-ring (bicyclic) bond motifs is 1. The van der Waals surface area contributed by atoms with Crippen LogP contribution in [0.15, 0.2) is 60.2 Å². The third-order valence-electron chi connectivity index (χ3n) is 8.36. The molecule has 2 bridgehead atoms. The van der Waals surface area contributed by atoms with Gasteiger partial charge < -0.3 is 10.2 Å². The molecule has 0 heterocycles. The normalized spacial score (nSPS) is 20.6. The van der Waals surface area contributed by atoms with Crippen molar-refractivity contribution in [3.05, 3.63) is 76.9 Å². The lowest BCUT2D eigenvalue weighted by Gasteiger charge is -2.57. The van der Waals surface area contributed by atoms with Crippen LogP contribution in [-0.2, 0) is 6.42 Å². The third-order valence-corrected chi connectivity index (χ3v) is 8.36. The van der Waals surface area contributed by atoms with E-state index in [1.54, 1.807) is 0 Å². The van der Waals surface area contributed by atoms with E-state index in [2.05, 4.69) is 100 Å². The SMILES string of the molecule is CC(C)c1cccc(C(C)C)c1NC(=O)N(CCc1ccccc1)CC1=CCC2CC1C2(C)C. The van der Waals surface area contributed by atoms with Crippen LogP contribution in [0, 0.1) is 17.3 Å². The summed E-state index contributed by atoms with van der Waals surface area (Å²) in [5, 5.41) is 3.38. The molecule has 3 nitrogen and oxygen atoms in total. The number of hydrogen-bond donors (Lipinski definition) is 1. The Balaban J connectivity index is 1.59. The Bertz CT molecular complexity index is 1010. The molecule has 0 aromatic heterocycles. The molecule has 3 aliphatic carbocycles. The van der Waals surface area contributed by atoms with E-state index in [0.717, 1.165) is 31.0 Å². The Morgan fingerprint density at radius 3 is 2.21 bits per heavy atom. The van der Waals surface area contributed by atoms with Crippen LogP contribution in [-0.4, -0.2) is 24.0 Å². The predicted molar refractivity (Wildman–Crippen MR) is 143 cm³/mol. The van der Waals surface area contributed by atoms with Crippen LogP contribution in [0.2, 0.25) is 0 Å². The topological polar surface area (TPSA) is 32.3 Å². The van der Waals surface area contributed by atoms with Crippen LogP contribution in [0.1, 0.15) is 82.9 Å². The fourth-order valence-electron chi connectivity index (χ4n) is 5.92. The molecule has 2 amide bonds. The number of para-hydroxylation sites is 1. The molecule has 1 N–H and O–H groups in total. The van der Waals surface area contributed by atoms with Gasteiger partial charge in [-0.25, -0.2) is 4.79 Å². The molecule has 0 radical (unpaired) electrons. The lowest BCUT2D eigenvalue weighted by atomic mass is 9.49. The maximum atomic E-state index is 13.8. The first kappa shape index (κ1) is 24.6. The maximum Gasteiger partial charge on any atom is 0.322 e. The molecule has 5 rings (SSSR count). The van der Waals surface area contributed by atoms with Crippen LogP contribution >= 0.6 is 0 Å². The van der Waals surface area contributed by atoms with Crippen LogP contribution in [0.5, 0.6) is 0 Å². The molecule has 2 aromatic rings. The summed E-state index contributed by atoms with van der Waals surface area (Å²) in [7, 11) is 0. The Labute approximate surface area is 206 Å². The Morgan fingerprint density at radius 1 is 1.00 bits per heavy atom. The van der Waals surface area contributed by atoms with Crippen molar-refractivity contribution in [2.24, 2.45) is 17.3 Å². The molecule has 2 unspecified atom stereocenters. The van der Waals surface area contributed by atoms with E-state index in [1.165, 1.54) is 28.7 Å². The smallest absolute Gasteiger partial charge is 0.320 e. The predicted octanol–water partition coefficient (Wildman–Crippen LogP) is 8.00. The zero-order valence-corrected chi connectivity index (χ0v) is 21.9. The number of carbonyl (C=O) groups excluding carboxylic acids is 1. The Morgan fingerprint density at radius 2 is 1.65 bits per heavy atom. The van der Waals surface area contributed by atoms with Gasteiger partial charge in [0.2, 0.25) is 0 Å². The van der Waals surface area contributed by atoms with Crippen LogP contribution in [0.3, 0.4) is 0 Å². The highest BCUT2D eigenvalue weighted by Crippen LogP contribution is 2.59. The number of carbonyl (C=O) groups is 1. The molecule has 1 fully saturated rings. The summed E-state index contributed by atoms with van der Waals surface area (Å²) in [6, 6.07) is 17.0. The van der Waals surface area contributed by atoms with E-state index in [0.29, 0.717) is 29.7 Å². The molecule has 1 saturated carbocycles. The number of nitrogens with zero attached hydrogens (tertiary/aromatic N) is 1. The van der Waals surface area contributed by atoms with Crippen molar-refractivity contribution in [1.82, 2.24) is 4.90 Å². The van der Waals surface area contributed by atoms with E-state index in [1.807, 2.05) is 6.07 Å². The highest BCUT2D eigenvalue weighted by Gasteiger charge is 2.51. The van der Waals surface area contributed by atoms with Gasteiger partial charge in [-0.05, 0) is 65.0 Å². The second-order valence-electron chi connectivity index (χ2n) is 11.5. The van der Waals surface area contributed by atoms with Gasteiger partial charge >= 0.3 is 6.03 Å². The molecule has 34 heavy (non-hydrogen) atoms. The first-order valence-electron chi connectivity index (χ1n) is 13.1. The first-order valence-corrected chi connectivity index (χ1v) is 13.1. The molecule has 3 heteroatoms. The van der Waals surface area contributed by atoms with E-state index in [-0.39, 0.29) is 6.03 Å². The van der Waals surface area contributed by atoms with Gasteiger partial charge in [0.25, 0.3) is 0 Å². The summed E-state index contributed by atoms with van der Waals surface area (Å²) in [6.45, 7) is 15.0. The Kier molecular flexibility index (Phi) is 7.21. The number of anilines is 1. The minimum absolute atomic E-state index is 0.0195. The highest BCUT2D eigenvalue weighted by molar-refractivity contribution is 5.91. The average Bonchev–Trinajstić information content (AvgIpc) is 2.82. The van der Waals surface area contributed by atoms with Crippen LogP contribution in [0.4, 0.5) is 10.5 Å². The first-order chi connectivity index (χ1) is 16.2. The summed E-state index contributed by atoms with van der Waals surface area (Å²) >= 11 is 0. The zero-order chi connectivity index (χ0) is 24.5. The van der Waals surface area contributed by atoms with Crippen molar-refractivity contribution in [3.8, 4) is 0 Å². The summed E-state index contributed by atoms with van der Waals surface area (Å²) in [5.74, 6) is 2.10. The minimum Gasteiger partial charge on any atom is -0.320 e. The zero-order valence-electron chi connectivity index (χ0n) is 21.9. The second-order valence-corrected chi connectivity index (χ2v) is 11.5. The van der Waals surface area contributed by atoms with Crippen molar-refractivity contribution in [2.45, 2.75) is 72.6 Å². The molecule has 0 spiro atoms. The van der Waals surface area contributed by atoms with Gasteiger partial charge in [0.1, 0.15) is 0 Å². The number of allylic oxidation sites excluding steroid dienone is 1. The quantitative estimate of drug-likeness (QED) is 0.399. The van der Waals surface area contributed by atoms with Gasteiger partial charge in [-0.3, -0.25) is 0 Å². The summed E-state index contributed by atoms with van der Waals surface area (Å²) in [6.07, 6.45) is 5.72. The Hall–Kier alpha value is -2.55. The maximum absolute atomic E-state index is 13.8. The van der Waals surface area contributed by atoms with E-state index in [4.69, 9.17) is 0 Å². The molecule has 2 atom stereocenters. The number of benzene rings is 2. The van der Waals surface area contributed by atoms with Crippen molar-refractivity contribution in [3.63, 3.8) is 0 Å². The van der Waals surface area contributed by atoms with Gasteiger partial charge in [0.05, 0.1) is 0 Å². The van der Waals surface area contributed by atoms with E-state index < -0.39 is 0 Å². The van der Waals surface area contributed by atoms with Gasteiger partial charge in [0.15, 0.2) is 0 Å². The van der Waals surface area contributed by atoms with Gasteiger partial charge in [-0.1, -0.05) is 102 Å². The summed E-state index contributed by atoms with van der Waals surface area (Å²) in [4.78, 5) is 15.9. The molecule has 182 valence electrons. The van der Waals surface area contributed by atoms with Crippen LogP contribution in [0.25, 0.3) is 0 Å². The van der Waals surface area contributed by atoms with Gasteiger partial charge in [-0.2, -0.15) is 0 Å². The minimum atomic E-state index is 0.0195. The average molecular weight is 459 g/mol. The molecule has 2 aromatic carbocycles. The number of amides is 2. The molecule has 0 saturated heterocycles. The van der Waals surface area contributed by atoms with Crippen molar-refractivity contribution >= 4 is 11.7 Å². The third kappa shape index (κ3) is 4.94. The van der Waals surface area contributed by atoms with Crippen molar-refractivity contribution < 1.29 is 4.79 Å². The van der Waals surface area contributed by atoms with Crippen molar-refractivity contribution in [1.29, 1.82) is 0 Å². The second kappa shape index (κ2) is 9.98. The number of urea groups is 1. The molecular weight excluding hydrogens is 416 g/mol. The van der Waals surface area contributed by atoms with E-state index in [9.17, 15) is 4.79 Å². The lowest BCUT2D eigenvalue weighted by molar-refractivity contribution is -0.00949. The number of nitrogens with one attached hydrogen (secondary N) is 1. The lowest BCUT2D eigenvalue weighted by Crippen LogP contribution is -2.50. The van der Waals surface area contributed by atoms with Crippen LogP contribution < -0.4 is 5.32 Å². The fraction of sp³-hybridized carbons (Fsp3) is 0.516. The number of rotatable bonds is 8. The molecule has 3 aliphatic rings. The number of hydrogen-bond acceptors (Lipinski definition) is 1. The van der Waals surface area contributed by atoms with E-state index >= 15 is 0 Å².